The van der Waals surface area contributed by atoms with Crippen molar-refractivity contribution in [3.8, 4) is 0 Å². The van der Waals surface area contributed by atoms with Crippen LogP contribution in [0.3, 0.4) is 0 Å². The van der Waals surface area contributed by atoms with Gasteiger partial charge in [-0.3, -0.25) is 0 Å². The third-order valence-electron chi connectivity index (χ3n) is 3.07. The molecule has 0 amide bonds. The molecule has 1 heterocycles. The lowest BCUT2D eigenvalue weighted by Crippen LogP contribution is -2.39. The maximum Gasteiger partial charge on any atom is 0.00724 e. The lowest BCUT2D eigenvalue weighted by atomic mass is 9.99. The summed E-state index contributed by atoms with van der Waals surface area (Å²) in [5.41, 5.74) is 0. The van der Waals surface area contributed by atoms with Gasteiger partial charge in [0.1, 0.15) is 0 Å². The molecule has 1 aliphatic heterocycles. The molecule has 0 saturated carbocycles. The van der Waals surface area contributed by atoms with Crippen molar-refractivity contribution in [3.63, 3.8) is 0 Å². The van der Waals surface area contributed by atoms with Gasteiger partial charge >= 0.3 is 0 Å². The van der Waals surface area contributed by atoms with Crippen molar-refractivity contribution in [2.24, 2.45) is 5.92 Å². The second kappa shape index (κ2) is 8.43. The molecule has 1 rings (SSSR count). The molecule has 0 aromatic carbocycles. The molecule has 2 nitrogen and oxygen atoms in total. The minimum absolute atomic E-state index is 0.896. The Morgan fingerprint density at radius 1 is 1.40 bits per heavy atom. The molecule has 0 aromatic rings. The first kappa shape index (κ1) is 13.3. The van der Waals surface area contributed by atoms with Gasteiger partial charge in [-0.25, -0.2) is 0 Å². The fraction of sp³-hybridized carbons (Fsp3) is 1.00. The summed E-state index contributed by atoms with van der Waals surface area (Å²) >= 11 is 1.96. The zero-order valence-corrected chi connectivity index (χ0v) is 11.1. The van der Waals surface area contributed by atoms with Crippen molar-refractivity contribution in [2.75, 3.05) is 44.7 Å². The topological polar surface area (TPSA) is 15.3 Å². The first-order valence-electron chi connectivity index (χ1n) is 6.28. The maximum atomic E-state index is 3.51. The van der Waals surface area contributed by atoms with E-state index in [1.54, 1.807) is 0 Å². The van der Waals surface area contributed by atoms with Crippen LogP contribution < -0.4 is 5.32 Å². The molecule has 1 N–H and O–H groups in total. The molecule has 1 atom stereocenters. The lowest BCUT2D eigenvalue weighted by molar-refractivity contribution is 0.218. The van der Waals surface area contributed by atoms with Crippen LogP contribution >= 0.6 is 11.8 Å². The Labute approximate surface area is 99.2 Å². The van der Waals surface area contributed by atoms with E-state index in [-0.39, 0.29) is 0 Å². The van der Waals surface area contributed by atoms with Gasteiger partial charge in [0.05, 0.1) is 0 Å². The smallest absolute Gasteiger partial charge is 0.00724 e. The van der Waals surface area contributed by atoms with Gasteiger partial charge < -0.3 is 10.2 Å². The average molecular weight is 230 g/mol. The molecule has 0 aromatic heterocycles. The van der Waals surface area contributed by atoms with Crippen LogP contribution in [0.4, 0.5) is 0 Å². The summed E-state index contributed by atoms with van der Waals surface area (Å²) in [7, 11) is 0. The largest absolute Gasteiger partial charge is 0.316 e. The quantitative estimate of drug-likeness (QED) is 0.721. The van der Waals surface area contributed by atoms with Crippen LogP contribution in [0.2, 0.25) is 0 Å². The Balaban J connectivity index is 2.21. The summed E-state index contributed by atoms with van der Waals surface area (Å²) in [5, 5.41) is 3.51. The standard InChI is InChI=1S/C12H26N2S/c1-3-7-14(8-9-15-2)11-12-5-4-6-13-10-12/h12-13H,3-11H2,1-2H3. The van der Waals surface area contributed by atoms with E-state index in [1.165, 1.54) is 57.7 Å². The molecule has 1 saturated heterocycles. The van der Waals surface area contributed by atoms with Crippen molar-refractivity contribution in [2.45, 2.75) is 26.2 Å². The van der Waals surface area contributed by atoms with Crippen LogP contribution in [0.5, 0.6) is 0 Å². The van der Waals surface area contributed by atoms with Crippen molar-refractivity contribution in [1.82, 2.24) is 10.2 Å². The fourth-order valence-corrected chi connectivity index (χ4v) is 2.72. The Kier molecular flexibility index (Phi) is 7.49. The molecule has 1 fully saturated rings. The Morgan fingerprint density at radius 3 is 2.87 bits per heavy atom. The minimum atomic E-state index is 0.896. The highest BCUT2D eigenvalue weighted by molar-refractivity contribution is 7.98. The molecule has 0 aliphatic carbocycles. The second-order valence-corrected chi connectivity index (χ2v) is 5.49. The predicted molar refractivity (Wildman–Crippen MR) is 70.7 cm³/mol. The van der Waals surface area contributed by atoms with Gasteiger partial charge in [0.2, 0.25) is 0 Å². The minimum Gasteiger partial charge on any atom is -0.316 e. The summed E-state index contributed by atoms with van der Waals surface area (Å²) in [6.45, 7) is 8.60. The summed E-state index contributed by atoms with van der Waals surface area (Å²) in [6, 6.07) is 0. The molecule has 15 heavy (non-hydrogen) atoms. The number of hydrogen-bond donors (Lipinski definition) is 1. The van der Waals surface area contributed by atoms with Gasteiger partial charge in [0.15, 0.2) is 0 Å². The van der Waals surface area contributed by atoms with Gasteiger partial charge in [-0.05, 0) is 51.1 Å². The van der Waals surface area contributed by atoms with E-state index in [4.69, 9.17) is 0 Å². The predicted octanol–water partition coefficient (Wildman–Crippen LogP) is 2.06. The van der Waals surface area contributed by atoms with E-state index in [0.29, 0.717) is 0 Å². The van der Waals surface area contributed by atoms with E-state index >= 15 is 0 Å². The highest BCUT2D eigenvalue weighted by atomic mass is 32.2. The second-order valence-electron chi connectivity index (χ2n) is 4.51. The highest BCUT2D eigenvalue weighted by Gasteiger charge is 2.16. The molecule has 0 bridgehead atoms. The Morgan fingerprint density at radius 2 is 2.27 bits per heavy atom. The number of thioether (sulfide) groups is 1. The number of piperidine rings is 1. The summed E-state index contributed by atoms with van der Waals surface area (Å²) in [6.07, 6.45) is 6.28. The molecule has 3 heteroatoms. The highest BCUT2D eigenvalue weighted by Crippen LogP contribution is 2.12. The summed E-state index contributed by atoms with van der Waals surface area (Å²) in [5.74, 6) is 2.17. The zero-order chi connectivity index (χ0) is 10.9. The molecule has 0 spiro atoms. The Bertz CT molecular complexity index is 147. The Hall–Kier alpha value is 0.270. The van der Waals surface area contributed by atoms with Crippen molar-refractivity contribution < 1.29 is 0 Å². The number of rotatable bonds is 7. The van der Waals surface area contributed by atoms with Crippen molar-refractivity contribution in [1.29, 1.82) is 0 Å². The maximum absolute atomic E-state index is 3.51. The first-order valence-corrected chi connectivity index (χ1v) is 7.68. The van der Waals surface area contributed by atoms with Crippen molar-refractivity contribution in [3.05, 3.63) is 0 Å². The fourth-order valence-electron chi connectivity index (χ4n) is 2.28. The molecule has 90 valence electrons. The SMILES string of the molecule is CCCN(CCSC)CC1CCCNC1. The van der Waals surface area contributed by atoms with Gasteiger partial charge in [0, 0.05) is 18.8 Å². The van der Waals surface area contributed by atoms with Gasteiger partial charge in [-0.1, -0.05) is 6.92 Å². The molecule has 0 radical (unpaired) electrons. The normalized spacial score (nSPS) is 22.2. The molecule has 1 unspecified atom stereocenters. The monoisotopic (exact) mass is 230 g/mol. The van der Waals surface area contributed by atoms with Gasteiger partial charge in [-0.2, -0.15) is 11.8 Å². The number of nitrogens with zero attached hydrogens (tertiary/aromatic N) is 1. The van der Waals surface area contributed by atoms with Crippen LogP contribution in [0.1, 0.15) is 26.2 Å². The third kappa shape index (κ3) is 5.79. The van der Waals surface area contributed by atoms with Gasteiger partial charge in [-0.15, -0.1) is 0 Å². The lowest BCUT2D eigenvalue weighted by Gasteiger charge is -2.29. The van der Waals surface area contributed by atoms with Crippen molar-refractivity contribution >= 4 is 11.8 Å². The van der Waals surface area contributed by atoms with E-state index in [9.17, 15) is 0 Å². The third-order valence-corrected chi connectivity index (χ3v) is 3.66. The van der Waals surface area contributed by atoms with Crippen LogP contribution in [0.25, 0.3) is 0 Å². The van der Waals surface area contributed by atoms with Gasteiger partial charge in [0.25, 0.3) is 0 Å². The van der Waals surface area contributed by atoms with Crippen LogP contribution in [0, 0.1) is 5.92 Å². The number of nitrogens with one attached hydrogen (secondary N) is 1. The first-order chi connectivity index (χ1) is 7.36. The van der Waals surface area contributed by atoms with Crippen LogP contribution in [0.15, 0.2) is 0 Å². The zero-order valence-electron chi connectivity index (χ0n) is 10.3. The van der Waals surface area contributed by atoms with Crippen LogP contribution in [-0.2, 0) is 0 Å². The van der Waals surface area contributed by atoms with E-state index in [0.717, 1.165) is 5.92 Å². The van der Waals surface area contributed by atoms with E-state index < -0.39 is 0 Å². The summed E-state index contributed by atoms with van der Waals surface area (Å²) < 4.78 is 0. The van der Waals surface area contributed by atoms with E-state index in [2.05, 4.69) is 23.4 Å². The summed E-state index contributed by atoms with van der Waals surface area (Å²) in [4.78, 5) is 2.65. The molecule has 1 aliphatic rings. The molecular formula is C12H26N2S. The number of hydrogen-bond acceptors (Lipinski definition) is 3. The van der Waals surface area contributed by atoms with E-state index in [1.807, 2.05) is 11.8 Å². The molecular weight excluding hydrogens is 204 g/mol. The van der Waals surface area contributed by atoms with Crippen LogP contribution in [-0.4, -0.2) is 49.6 Å². The average Bonchev–Trinajstić information content (AvgIpc) is 2.28.